The zero-order valence-corrected chi connectivity index (χ0v) is 12.0. The van der Waals surface area contributed by atoms with E-state index in [0.717, 1.165) is 22.9 Å². The van der Waals surface area contributed by atoms with Gasteiger partial charge in [-0.25, -0.2) is 4.99 Å². The van der Waals surface area contributed by atoms with Crippen LogP contribution in [0.2, 0.25) is 13.1 Å². The summed E-state index contributed by atoms with van der Waals surface area (Å²) in [5.41, 5.74) is 1.70. The van der Waals surface area contributed by atoms with Gasteiger partial charge in [0.25, 0.3) is 0 Å². The van der Waals surface area contributed by atoms with Gasteiger partial charge in [0, 0.05) is 0 Å². The van der Waals surface area contributed by atoms with Gasteiger partial charge < -0.3 is 8.84 Å². The Bertz CT molecular complexity index is 532. The third-order valence-electron chi connectivity index (χ3n) is 2.39. The van der Waals surface area contributed by atoms with E-state index in [9.17, 15) is 0 Å². The second kappa shape index (κ2) is 5.69. The molecule has 94 valence electrons. The van der Waals surface area contributed by atoms with E-state index in [4.69, 9.17) is 8.84 Å². The van der Waals surface area contributed by atoms with Gasteiger partial charge in [0.05, 0.1) is 12.0 Å². The Balaban J connectivity index is 2.31. The lowest BCUT2D eigenvalue weighted by Crippen LogP contribution is -2.11. The lowest BCUT2D eigenvalue weighted by atomic mass is 10.2. The maximum atomic E-state index is 5.86. The molecule has 2 aromatic rings. The molecule has 1 aromatic heterocycles. The number of benzene rings is 1. The summed E-state index contributed by atoms with van der Waals surface area (Å²) in [4.78, 5) is 4.57. The van der Waals surface area contributed by atoms with Crippen LogP contribution < -0.4 is 4.43 Å². The van der Waals surface area contributed by atoms with Crippen molar-refractivity contribution in [1.82, 2.24) is 0 Å². The number of para-hydroxylation sites is 2. The van der Waals surface area contributed by atoms with Crippen LogP contribution >= 0.6 is 0 Å². The Labute approximate surface area is 109 Å². The van der Waals surface area contributed by atoms with E-state index < -0.39 is 9.04 Å². The summed E-state index contributed by atoms with van der Waals surface area (Å²) in [7, 11) is -1.12. The molecule has 0 aliphatic heterocycles. The Kier molecular flexibility index (Phi) is 3.99. The van der Waals surface area contributed by atoms with E-state index >= 15 is 0 Å². The molecule has 0 fully saturated rings. The van der Waals surface area contributed by atoms with E-state index in [1.807, 2.05) is 43.3 Å². The highest BCUT2D eigenvalue weighted by Crippen LogP contribution is 2.28. The fourth-order valence-electron chi connectivity index (χ4n) is 1.62. The van der Waals surface area contributed by atoms with Crippen molar-refractivity contribution in [2.75, 3.05) is 0 Å². The van der Waals surface area contributed by atoms with Crippen LogP contribution in [0, 0.1) is 0 Å². The van der Waals surface area contributed by atoms with Crippen LogP contribution in [0.4, 0.5) is 5.69 Å². The van der Waals surface area contributed by atoms with Gasteiger partial charge in [-0.15, -0.1) is 0 Å². The second-order valence-corrected chi connectivity index (χ2v) is 6.64. The largest absolute Gasteiger partial charge is 0.546 e. The Hall–Kier alpha value is -1.81. The van der Waals surface area contributed by atoms with Gasteiger partial charge in [0.2, 0.25) is 9.04 Å². The van der Waals surface area contributed by atoms with Crippen molar-refractivity contribution < 1.29 is 8.84 Å². The van der Waals surface area contributed by atoms with Crippen LogP contribution in [0.1, 0.15) is 12.7 Å². The minimum absolute atomic E-state index is 0.784. The van der Waals surface area contributed by atoms with E-state index in [0.29, 0.717) is 0 Å². The van der Waals surface area contributed by atoms with Gasteiger partial charge in [-0.3, -0.25) is 0 Å². The van der Waals surface area contributed by atoms with Crippen molar-refractivity contribution in [2.45, 2.75) is 20.0 Å². The summed E-state index contributed by atoms with van der Waals surface area (Å²) in [5, 5.41) is 0. The fraction of sp³-hybridized carbons (Fsp3) is 0.214. The monoisotopic (exact) mass is 259 g/mol. The molecule has 0 atom stereocenters. The molecule has 0 saturated carbocycles. The molecule has 3 nitrogen and oxygen atoms in total. The molecule has 0 bridgehead atoms. The molecule has 0 spiro atoms. The number of hydrogen-bond acceptors (Lipinski definition) is 3. The normalized spacial score (nSPS) is 11.9. The third-order valence-corrected chi connectivity index (χ3v) is 3.12. The summed E-state index contributed by atoms with van der Waals surface area (Å²) in [6, 6.07) is 11.6. The Morgan fingerprint density at radius 3 is 2.61 bits per heavy atom. The van der Waals surface area contributed by atoms with Crippen molar-refractivity contribution in [3.05, 3.63) is 48.4 Å². The maximum absolute atomic E-state index is 5.86. The molecule has 0 amide bonds. The predicted octanol–water partition coefficient (Wildman–Crippen LogP) is 3.78. The SMILES string of the molecule is CC(=Nc1ccccc1O[SiH](C)C)c1ccco1. The molecule has 0 N–H and O–H groups in total. The highest BCUT2D eigenvalue weighted by atomic mass is 28.3. The van der Waals surface area contributed by atoms with Crippen LogP contribution in [-0.4, -0.2) is 14.8 Å². The quantitative estimate of drug-likeness (QED) is 0.618. The molecule has 0 aliphatic carbocycles. The minimum atomic E-state index is -1.12. The van der Waals surface area contributed by atoms with Gasteiger partial charge in [-0.05, 0) is 44.3 Å². The molecule has 0 radical (unpaired) electrons. The van der Waals surface area contributed by atoms with Crippen molar-refractivity contribution >= 4 is 20.4 Å². The highest BCUT2D eigenvalue weighted by molar-refractivity contribution is 6.49. The third kappa shape index (κ3) is 3.11. The smallest absolute Gasteiger partial charge is 0.229 e. The van der Waals surface area contributed by atoms with Crippen molar-refractivity contribution in [2.24, 2.45) is 4.99 Å². The average molecular weight is 259 g/mol. The second-order valence-electron chi connectivity index (χ2n) is 4.31. The van der Waals surface area contributed by atoms with Crippen LogP contribution in [-0.2, 0) is 0 Å². The molecule has 2 rings (SSSR count). The number of nitrogens with zero attached hydrogens (tertiary/aromatic N) is 1. The molecule has 4 heteroatoms. The van der Waals surface area contributed by atoms with E-state index in [-0.39, 0.29) is 0 Å². The first kappa shape index (κ1) is 12.6. The molecule has 0 unspecified atom stereocenters. The van der Waals surface area contributed by atoms with Crippen LogP contribution in [0.3, 0.4) is 0 Å². The molecule has 0 saturated heterocycles. The highest BCUT2D eigenvalue weighted by Gasteiger charge is 2.06. The lowest BCUT2D eigenvalue weighted by molar-refractivity contribution is 0.557. The molecular weight excluding hydrogens is 242 g/mol. The first-order chi connectivity index (χ1) is 8.66. The zero-order chi connectivity index (χ0) is 13.0. The van der Waals surface area contributed by atoms with E-state index in [1.54, 1.807) is 6.26 Å². The van der Waals surface area contributed by atoms with Crippen molar-refractivity contribution in [3.63, 3.8) is 0 Å². The molecule has 0 aliphatic rings. The number of hydrogen-bond donors (Lipinski definition) is 0. The fourth-order valence-corrected chi connectivity index (χ4v) is 2.33. The van der Waals surface area contributed by atoms with Crippen molar-refractivity contribution in [1.29, 1.82) is 0 Å². The molecule has 1 heterocycles. The van der Waals surface area contributed by atoms with Gasteiger partial charge >= 0.3 is 0 Å². The van der Waals surface area contributed by atoms with Crippen LogP contribution in [0.15, 0.2) is 52.1 Å². The van der Waals surface area contributed by atoms with Crippen LogP contribution in [0.5, 0.6) is 5.75 Å². The Morgan fingerprint density at radius 1 is 1.17 bits per heavy atom. The standard InChI is InChI=1S/C14H17NO2Si/c1-11(13-9-6-10-16-13)15-12-7-4-5-8-14(12)17-18(2)3/h4-10,18H,1-3H3. The number of rotatable bonds is 4. The van der Waals surface area contributed by atoms with Gasteiger partial charge in [-0.2, -0.15) is 0 Å². The summed E-state index contributed by atoms with van der Waals surface area (Å²) in [6.07, 6.45) is 1.65. The molecular formula is C14H17NO2Si. The summed E-state index contributed by atoms with van der Waals surface area (Å²) >= 11 is 0. The first-order valence-corrected chi connectivity index (χ1v) is 8.80. The lowest BCUT2D eigenvalue weighted by Gasteiger charge is -2.11. The van der Waals surface area contributed by atoms with Crippen molar-refractivity contribution in [3.8, 4) is 5.75 Å². The van der Waals surface area contributed by atoms with Crippen LogP contribution in [0.25, 0.3) is 0 Å². The Morgan fingerprint density at radius 2 is 1.94 bits per heavy atom. The minimum Gasteiger partial charge on any atom is -0.546 e. The predicted molar refractivity (Wildman–Crippen MR) is 76.5 cm³/mol. The number of aliphatic imine (C=N–C) groups is 1. The maximum Gasteiger partial charge on any atom is 0.229 e. The van der Waals surface area contributed by atoms with E-state index in [1.165, 1.54) is 0 Å². The topological polar surface area (TPSA) is 34.7 Å². The van der Waals surface area contributed by atoms with E-state index in [2.05, 4.69) is 18.1 Å². The summed E-state index contributed by atoms with van der Waals surface area (Å²) in [5.74, 6) is 1.64. The molecule has 18 heavy (non-hydrogen) atoms. The van der Waals surface area contributed by atoms with Gasteiger partial charge in [-0.1, -0.05) is 12.1 Å². The summed E-state index contributed by atoms with van der Waals surface area (Å²) in [6.45, 7) is 6.21. The average Bonchev–Trinajstić information content (AvgIpc) is 2.84. The van der Waals surface area contributed by atoms with Gasteiger partial charge in [0.1, 0.15) is 17.2 Å². The summed E-state index contributed by atoms with van der Waals surface area (Å²) < 4.78 is 11.2. The van der Waals surface area contributed by atoms with Gasteiger partial charge in [0.15, 0.2) is 0 Å². The zero-order valence-electron chi connectivity index (χ0n) is 10.9. The molecule has 1 aromatic carbocycles. The number of furan rings is 1. The first-order valence-electron chi connectivity index (χ1n) is 6.01.